The van der Waals surface area contributed by atoms with E-state index in [1.807, 2.05) is 42.5 Å². The van der Waals surface area contributed by atoms with Crippen molar-refractivity contribution in [3.8, 4) is 11.5 Å². The first-order valence-electron chi connectivity index (χ1n) is 9.28. The second kappa shape index (κ2) is 9.37. The molecule has 1 aliphatic heterocycles. The number of carbonyl (C=O) groups excluding carboxylic acids is 1. The summed E-state index contributed by atoms with van der Waals surface area (Å²) in [6, 6.07) is 12.5. The zero-order chi connectivity index (χ0) is 20.0. The number of fused-ring (bicyclic) bond motifs is 1. The SMILES string of the molecule is NC(=O)[N+]1([C]=S)CCc2c(OCCCCCOc3ccc(Cl)cc3)cccc21. The minimum atomic E-state index is -0.508. The van der Waals surface area contributed by atoms with Crippen LogP contribution >= 0.6 is 23.8 Å². The topological polar surface area (TPSA) is 61.6 Å². The van der Waals surface area contributed by atoms with Crippen molar-refractivity contribution in [2.75, 3.05) is 19.8 Å². The zero-order valence-corrected chi connectivity index (χ0v) is 17.1. The van der Waals surface area contributed by atoms with Crippen molar-refractivity contribution in [3.05, 3.63) is 53.1 Å². The largest absolute Gasteiger partial charge is 0.494 e. The Morgan fingerprint density at radius 3 is 2.50 bits per heavy atom. The van der Waals surface area contributed by atoms with Crippen molar-refractivity contribution in [1.29, 1.82) is 0 Å². The van der Waals surface area contributed by atoms with Crippen molar-refractivity contribution in [3.63, 3.8) is 0 Å². The number of hydrogen-bond acceptors (Lipinski definition) is 4. The number of halogens is 1. The number of nitrogens with zero attached hydrogens (tertiary/aromatic N) is 1. The molecule has 1 atom stereocenters. The first kappa shape index (κ1) is 20.6. The lowest BCUT2D eigenvalue weighted by Crippen LogP contribution is -2.54. The Kier molecular flexibility index (Phi) is 6.88. The number of ether oxygens (including phenoxy) is 2. The third-order valence-corrected chi connectivity index (χ3v) is 5.44. The predicted molar refractivity (Wildman–Crippen MR) is 115 cm³/mol. The fraction of sp³-hybridized carbons (Fsp3) is 0.333. The van der Waals surface area contributed by atoms with Gasteiger partial charge in [0, 0.05) is 17.5 Å². The van der Waals surface area contributed by atoms with Gasteiger partial charge >= 0.3 is 6.03 Å². The third-order valence-electron chi connectivity index (χ3n) is 4.88. The van der Waals surface area contributed by atoms with Gasteiger partial charge in [0.15, 0.2) is 5.69 Å². The molecule has 1 radical (unpaired) electrons. The molecular weight excluding hydrogens is 396 g/mol. The Bertz CT molecular complexity index is 844. The number of primary amides is 1. The van der Waals surface area contributed by atoms with Crippen molar-refractivity contribution in [2.45, 2.75) is 25.7 Å². The molecule has 7 heteroatoms. The number of urea groups is 1. The van der Waals surface area contributed by atoms with E-state index in [4.69, 9.17) is 39.0 Å². The Hall–Kier alpha value is -2.15. The van der Waals surface area contributed by atoms with Crippen molar-refractivity contribution in [1.82, 2.24) is 4.48 Å². The molecule has 1 unspecified atom stereocenters. The van der Waals surface area contributed by atoms with Gasteiger partial charge in [-0.05, 0) is 61.8 Å². The summed E-state index contributed by atoms with van der Waals surface area (Å²) in [6.07, 6.45) is 3.55. The highest BCUT2D eigenvalue weighted by Crippen LogP contribution is 2.39. The zero-order valence-electron chi connectivity index (χ0n) is 15.5. The molecule has 0 bridgehead atoms. The predicted octanol–water partition coefficient (Wildman–Crippen LogP) is 4.74. The molecule has 0 aliphatic carbocycles. The van der Waals surface area contributed by atoms with Crippen LogP contribution < -0.4 is 19.7 Å². The molecule has 1 aliphatic rings. The van der Waals surface area contributed by atoms with E-state index in [1.165, 1.54) is 0 Å². The first-order valence-corrected chi connectivity index (χ1v) is 10.1. The molecule has 0 saturated heterocycles. The van der Waals surface area contributed by atoms with Gasteiger partial charge in [-0.1, -0.05) is 17.7 Å². The van der Waals surface area contributed by atoms with Gasteiger partial charge < -0.3 is 15.2 Å². The molecule has 2 amide bonds. The number of carbonyl (C=O) groups is 1. The van der Waals surface area contributed by atoms with E-state index in [2.05, 4.69) is 5.49 Å². The van der Waals surface area contributed by atoms with E-state index in [0.29, 0.717) is 31.2 Å². The molecule has 0 fully saturated rings. The van der Waals surface area contributed by atoms with Crippen LogP contribution in [0.3, 0.4) is 0 Å². The summed E-state index contributed by atoms with van der Waals surface area (Å²) in [5.74, 6) is 1.62. The van der Waals surface area contributed by atoms with E-state index in [-0.39, 0.29) is 4.48 Å². The number of nitrogens with two attached hydrogens (primary N) is 1. The van der Waals surface area contributed by atoms with Gasteiger partial charge in [-0.15, -0.1) is 0 Å². The minimum Gasteiger partial charge on any atom is -0.494 e. The lowest BCUT2D eigenvalue weighted by Gasteiger charge is -2.21. The maximum Gasteiger partial charge on any atom is 0.425 e. The number of thiocarbonyl (C=S) groups is 1. The molecule has 28 heavy (non-hydrogen) atoms. The molecule has 5 nitrogen and oxygen atoms in total. The monoisotopic (exact) mass is 418 g/mol. The van der Waals surface area contributed by atoms with Crippen LogP contribution in [-0.2, 0) is 6.42 Å². The van der Waals surface area contributed by atoms with E-state index < -0.39 is 6.03 Å². The van der Waals surface area contributed by atoms with Gasteiger partial charge in [-0.25, -0.2) is 4.79 Å². The van der Waals surface area contributed by atoms with E-state index >= 15 is 0 Å². The highest BCUT2D eigenvalue weighted by molar-refractivity contribution is 7.79. The van der Waals surface area contributed by atoms with Gasteiger partial charge in [0.25, 0.3) is 5.49 Å². The number of quaternary nitrogens is 1. The highest BCUT2D eigenvalue weighted by Gasteiger charge is 2.45. The van der Waals surface area contributed by atoms with Gasteiger partial charge in [0.2, 0.25) is 0 Å². The number of unbranched alkanes of at least 4 members (excludes halogenated alkanes) is 2. The average molecular weight is 419 g/mol. The summed E-state index contributed by atoms with van der Waals surface area (Å²) >= 11 is 10.8. The summed E-state index contributed by atoms with van der Waals surface area (Å²) < 4.78 is 11.4. The van der Waals surface area contributed by atoms with Gasteiger partial charge in [-0.2, -0.15) is 4.48 Å². The normalized spacial score (nSPS) is 17.8. The molecule has 3 rings (SSSR count). The van der Waals surface area contributed by atoms with Crippen LogP contribution in [0.2, 0.25) is 5.02 Å². The number of hydrogen-bond donors (Lipinski definition) is 1. The van der Waals surface area contributed by atoms with Crippen molar-refractivity contribution in [2.24, 2.45) is 5.73 Å². The first-order chi connectivity index (χ1) is 13.6. The van der Waals surface area contributed by atoms with Crippen LogP contribution in [0.5, 0.6) is 11.5 Å². The third kappa shape index (κ3) is 4.46. The van der Waals surface area contributed by atoms with Crippen molar-refractivity contribution < 1.29 is 14.3 Å². The number of rotatable bonds is 9. The van der Waals surface area contributed by atoms with Crippen LogP contribution in [0.15, 0.2) is 42.5 Å². The van der Waals surface area contributed by atoms with Crippen LogP contribution in [-0.4, -0.2) is 31.3 Å². The minimum absolute atomic E-state index is 0.218. The Morgan fingerprint density at radius 2 is 1.82 bits per heavy atom. The van der Waals surface area contributed by atoms with Crippen LogP contribution in [0.1, 0.15) is 24.8 Å². The van der Waals surface area contributed by atoms with E-state index in [1.54, 1.807) is 0 Å². The summed E-state index contributed by atoms with van der Waals surface area (Å²) in [5, 5.41) is 0.701. The summed E-state index contributed by atoms with van der Waals surface area (Å²) in [6.45, 7) is 1.76. The number of amides is 2. The molecule has 2 N–H and O–H groups in total. The molecule has 2 aromatic rings. The van der Waals surface area contributed by atoms with Crippen LogP contribution in [0.4, 0.5) is 10.5 Å². The molecule has 0 aromatic heterocycles. The molecule has 0 saturated carbocycles. The maximum atomic E-state index is 11.9. The average Bonchev–Trinajstić information content (AvgIpc) is 3.09. The highest BCUT2D eigenvalue weighted by atomic mass is 35.5. The summed E-state index contributed by atoms with van der Waals surface area (Å²) in [7, 11) is 0. The Morgan fingerprint density at radius 1 is 1.11 bits per heavy atom. The standard InChI is InChI=1S/C21H23ClN2O3S/c22-16-7-9-17(10-8-16)26-13-2-1-3-14-27-20-6-4-5-19-18(20)11-12-24(19,15-28)21(23)25/h4-10H,1-3,11-14H2,(H2,23,25)/q+1. The fourth-order valence-corrected chi connectivity index (χ4v) is 3.76. The molecule has 1 heterocycles. The lowest BCUT2D eigenvalue weighted by molar-refractivity contribution is 0.233. The molecule has 0 spiro atoms. The van der Waals surface area contributed by atoms with Crippen LogP contribution in [0, 0.1) is 0 Å². The fourth-order valence-electron chi connectivity index (χ4n) is 3.35. The van der Waals surface area contributed by atoms with Crippen LogP contribution in [0.25, 0.3) is 0 Å². The Balaban J connectivity index is 1.44. The maximum absolute atomic E-state index is 11.9. The smallest absolute Gasteiger partial charge is 0.425 e. The summed E-state index contributed by atoms with van der Waals surface area (Å²) in [5.41, 5.74) is 9.97. The van der Waals surface area contributed by atoms with Gasteiger partial charge in [0.1, 0.15) is 18.0 Å². The quantitative estimate of drug-likeness (QED) is 0.363. The van der Waals surface area contributed by atoms with E-state index in [0.717, 1.165) is 42.0 Å². The second-order valence-corrected chi connectivity index (χ2v) is 7.30. The Labute approximate surface area is 175 Å². The molecular formula is C21H23ClN2O3S+. The number of benzene rings is 2. The molecule has 2 aromatic carbocycles. The van der Waals surface area contributed by atoms with Crippen molar-refractivity contribution >= 4 is 41.0 Å². The summed E-state index contributed by atoms with van der Waals surface area (Å²) in [4.78, 5) is 11.9. The molecule has 147 valence electrons. The second-order valence-electron chi connectivity index (χ2n) is 6.68. The van der Waals surface area contributed by atoms with Gasteiger partial charge in [-0.3, -0.25) is 0 Å². The lowest BCUT2D eigenvalue weighted by atomic mass is 10.1. The van der Waals surface area contributed by atoms with Gasteiger partial charge in [0.05, 0.1) is 18.8 Å². The van der Waals surface area contributed by atoms with E-state index in [9.17, 15) is 4.79 Å².